The number of rotatable bonds is 6. The number of benzene rings is 1. The molecule has 7 heteroatoms. The van der Waals surface area contributed by atoms with Crippen molar-refractivity contribution in [2.75, 3.05) is 26.1 Å². The Hall–Kier alpha value is -2.80. The molecule has 0 saturated heterocycles. The van der Waals surface area contributed by atoms with Gasteiger partial charge in [-0.15, -0.1) is 11.3 Å². The summed E-state index contributed by atoms with van der Waals surface area (Å²) in [6.45, 7) is 2.34. The van der Waals surface area contributed by atoms with Crippen molar-refractivity contribution in [2.45, 2.75) is 13.5 Å². The first-order chi connectivity index (χ1) is 12.6. The van der Waals surface area contributed by atoms with Gasteiger partial charge in [0.25, 0.3) is 5.56 Å². The standard InChI is InChI=1S/C19H20N2O4S/c1-4-25-19(23)15-16(24-3)18(22)21(14-8-9-26-17(14)15)11-12-6-5-7-13(10-12)20-2/h5-10,20H,4,11H2,1-3H3. The normalized spacial score (nSPS) is 10.7. The van der Waals surface area contributed by atoms with E-state index in [-0.39, 0.29) is 23.5 Å². The van der Waals surface area contributed by atoms with Crippen LogP contribution in [0.5, 0.6) is 5.75 Å². The number of ether oxygens (including phenoxy) is 2. The molecule has 1 N–H and O–H groups in total. The number of fused-ring (bicyclic) bond motifs is 1. The molecule has 6 nitrogen and oxygen atoms in total. The Labute approximate surface area is 155 Å². The van der Waals surface area contributed by atoms with Crippen LogP contribution in [-0.2, 0) is 11.3 Å². The third-order valence-corrected chi connectivity index (χ3v) is 4.99. The van der Waals surface area contributed by atoms with E-state index < -0.39 is 5.97 Å². The van der Waals surface area contributed by atoms with Gasteiger partial charge in [-0.3, -0.25) is 9.36 Å². The largest absolute Gasteiger partial charge is 0.490 e. The molecule has 0 atom stereocenters. The van der Waals surface area contributed by atoms with Gasteiger partial charge in [0.1, 0.15) is 5.56 Å². The Bertz CT molecular complexity index is 1010. The molecule has 26 heavy (non-hydrogen) atoms. The van der Waals surface area contributed by atoms with Crippen LogP contribution in [0.15, 0.2) is 40.5 Å². The fraction of sp³-hybridized carbons (Fsp3) is 0.263. The number of aromatic nitrogens is 1. The Morgan fingerprint density at radius 2 is 2.12 bits per heavy atom. The summed E-state index contributed by atoms with van der Waals surface area (Å²) in [4.78, 5) is 25.4. The van der Waals surface area contributed by atoms with Gasteiger partial charge in [-0.25, -0.2) is 4.79 Å². The zero-order valence-electron chi connectivity index (χ0n) is 14.9. The molecule has 0 saturated carbocycles. The molecule has 3 rings (SSSR count). The highest BCUT2D eigenvalue weighted by Crippen LogP contribution is 2.30. The number of anilines is 1. The number of nitrogens with one attached hydrogen (secondary N) is 1. The minimum absolute atomic E-state index is 0.0168. The third kappa shape index (κ3) is 3.17. The lowest BCUT2D eigenvalue weighted by atomic mass is 10.1. The average molecular weight is 372 g/mol. The number of hydrogen-bond donors (Lipinski definition) is 1. The molecule has 0 spiro atoms. The minimum atomic E-state index is -0.543. The summed E-state index contributed by atoms with van der Waals surface area (Å²) in [6.07, 6.45) is 0. The maximum Gasteiger partial charge on any atom is 0.343 e. The van der Waals surface area contributed by atoms with E-state index in [4.69, 9.17) is 9.47 Å². The van der Waals surface area contributed by atoms with Gasteiger partial charge in [0, 0.05) is 12.7 Å². The first-order valence-electron chi connectivity index (χ1n) is 8.22. The van der Waals surface area contributed by atoms with Crippen molar-refractivity contribution in [1.29, 1.82) is 0 Å². The van der Waals surface area contributed by atoms with Gasteiger partial charge in [-0.05, 0) is 36.1 Å². The molecule has 1 aromatic carbocycles. The fourth-order valence-corrected chi connectivity index (χ4v) is 3.81. The van der Waals surface area contributed by atoms with Crippen LogP contribution >= 0.6 is 11.3 Å². The smallest absolute Gasteiger partial charge is 0.343 e. The van der Waals surface area contributed by atoms with Crippen molar-refractivity contribution in [2.24, 2.45) is 0 Å². The van der Waals surface area contributed by atoms with Crippen LogP contribution in [0.1, 0.15) is 22.8 Å². The predicted molar refractivity (Wildman–Crippen MR) is 104 cm³/mol. The number of hydrogen-bond acceptors (Lipinski definition) is 6. The minimum Gasteiger partial charge on any atom is -0.490 e. The van der Waals surface area contributed by atoms with E-state index >= 15 is 0 Å². The summed E-state index contributed by atoms with van der Waals surface area (Å²) < 4.78 is 12.7. The molecule has 0 radical (unpaired) electrons. The molecule has 0 fully saturated rings. The molecule has 3 aromatic rings. The first-order valence-corrected chi connectivity index (χ1v) is 9.10. The molecular weight excluding hydrogens is 352 g/mol. The number of carbonyl (C=O) groups excluding carboxylic acids is 1. The van der Waals surface area contributed by atoms with Crippen molar-refractivity contribution in [1.82, 2.24) is 4.57 Å². The van der Waals surface area contributed by atoms with Crippen LogP contribution in [0, 0.1) is 0 Å². The summed E-state index contributed by atoms with van der Waals surface area (Å²) in [7, 11) is 3.24. The number of nitrogens with zero attached hydrogens (tertiary/aromatic N) is 1. The van der Waals surface area contributed by atoms with Gasteiger partial charge in [-0.1, -0.05) is 12.1 Å². The van der Waals surface area contributed by atoms with Crippen LogP contribution in [0.25, 0.3) is 10.2 Å². The second kappa shape index (κ2) is 7.61. The van der Waals surface area contributed by atoms with Crippen molar-refractivity contribution in [3.63, 3.8) is 0 Å². The zero-order valence-corrected chi connectivity index (χ0v) is 15.7. The van der Waals surface area contributed by atoms with Gasteiger partial charge >= 0.3 is 5.97 Å². The lowest BCUT2D eigenvalue weighted by Gasteiger charge is -2.14. The van der Waals surface area contributed by atoms with Crippen molar-refractivity contribution in [3.05, 3.63) is 57.2 Å². The first kappa shape index (κ1) is 18.0. The van der Waals surface area contributed by atoms with Gasteiger partial charge in [0.2, 0.25) is 5.75 Å². The van der Waals surface area contributed by atoms with Gasteiger partial charge < -0.3 is 14.8 Å². The van der Waals surface area contributed by atoms with Crippen molar-refractivity contribution < 1.29 is 14.3 Å². The monoisotopic (exact) mass is 372 g/mol. The van der Waals surface area contributed by atoms with E-state index in [1.54, 1.807) is 11.5 Å². The van der Waals surface area contributed by atoms with E-state index in [1.165, 1.54) is 18.4 Å². The highest BCUT2D eigenvalue weighted by molar-refractivity contribution is 7.17. The molecule has 0 amide bonds. The highest BCUT2D eigenvalue weighted by Gasteiger charge is 2.24. The summed E-state index contributed by atoms with van der Waals surface area (Å²) in [5, 5.41) is 4.94. The molecular formula is C19H20N2O4S. The molecule has 0 aliphatic carbocycles. The molecule has 0 aliphatic rings. The van der Waals surface area contributed by atoms with Gasteiger partial charge in [0.05, 0.1) is 30.5 Å². The van der Waals surface area contributed by atoms with E-state index in [0.29, 0.717) is 16.8 Å². The van der Waals surface area contributed by atoms with Crippen LogP contribution in [-0.4, -0.2) is 31.3 Å². The molecule has 136 valence electrons. The van der Waals surface area contributed by atoms with Gasteiger partial charge in [0.15, 0.2) is 0 Å². The number of thiophene rings is 1. The lowest BCUT2D eigenvalue weighted by molar-refractivity contribution is 0.0525. The average Bonchev–Trinajstić information content (AvgIpc) is 3.13. The Kier molecular flexibility index (Phi) is 5.27. The van der Waals surface area contributed by atoms with Crippen LogP contribution in [0.3, 0.4) is 0 Å². The summed E-state index contributed by atoms with van der Waals surface area (Å²) >= 11 is 1.39. The summed E-state index contributed by atoms with van der Waals surface area (Å²) in [6, 6.07) is 9.66. The SMILES string of the molecule is CCOC(=O)c1c(OC)c(=O)n(Cc2cccc(NC)c2)c2ccsc12. The summed E-state index contributed by atoms with van der Waals surface area (Å²) in [5.74, 6) is -0.526. The Balaban J connectivity index is 2.19. The van der Waals surface area contributed by atoms with Crippen LogP contribution in [0.2, 0.25) is 0 Å². The Morgan fingerprint density at radius 1 is 1.31 bits per heavy atom. The van der Waals surface area contributed by atoms with Crippen LogP contribution in [0.4, 0.5) is 5.69 Å². The van der Waals surface area contributed by atoms with Crippen LogP contribution < -0.4 is 15.6 Å². The second-order valence-electron chi connectivity index (χ2n) is 5.61. The zero-order chi connectivity index (χ0) is 18.7. The number of carbonyl (C=O) groups is 1. The maximum atomic E-state index is 13.0. The van der Waals surface area contributed by atoms with Crippen molar-refractivity contribution >= 4 is 33.2 Å². The molecule has 0 aliphatic heterocycles. The Morgan fingerprint density at radius 3 is 2.81 bits per heavy atom. The van der Waals surface area contributed by atoms with Gasteiger partial charge in [-0.2, -0.15) is 0 Å². The summed E-state index contributed by atoms with van der Waals surface area (Å²) in [5.41, 5.74) is 2.48. The second-order valence-corrected chi connectivity index (χ2v) is 6.52. The lowest BCUT2D eigenvalue weighted by Crippen LogP contribution is -2.25. The van der Waals surface area contributed by atoms with E-state index in [9.17, 15) is 9.59 Å². The van der Waals surface area contributed by atoms with E-state index in [0.717, 1.165) is 11.3 Å². The van der Waals surface area contributed by atoms with E-state index in [2.05, 4.69) is 5.32 Å². The maximum absolute atomic E-state index is 13.0. The third-order valence-electron chi connectivity index (χ3n) is 4.07. The fourth-order valence-electron chi connectivity index (χ4n) is 2.89. The predicted octanol–water partition coefficient (Wildman–Crippen LogP) is 3.34. The molecule has 0 unspecified atom stereocenters. The molecule has 0 bridgehead atoms. The number of methoxy groups -OCH3 is 1. The number of esters is 1. The topological polar surface area (TPSA) is 69.6 Å². The number of pyridine rings is 1. The molecule has 2 heterocycles. The quantitative estimate of drug-likeness (QED) is 0.672. The van der Waals surface area contributed by atoms with Crippen molar-refractivity contribution in [3.8, 4) is 5.75 Å². The highest BCUT2D eigenvalue weighted by atomic mass is 32.1. The van der Waals surface area contributed by atoms with E-state index in [1.807, 2.05) is 42.8 Å². The molecule has 2 aromatic heterocycles.